The second-order valence-corrected chi connectivity index (χ2v) is 4.99. The standard InChI is InChI=1S/C15H16FN3O/c16-13-4-2-1-3-12(13)15(20)18-8-10-19-9-7-17-14(19)11-5-6-11/h1-4,7,9,11H,5-6,8,10H2,(H,18,20). The van der Waals surface area contributed by atoms with Gasteiger partial charge in [-0.25, -0.2) is 9.37 Å². The molecule has 0 unspecified atom stereocenters. The lowest BCUT2D eigenvalue weighted by Crippen LogP contribution is -2.28. The molecule has 1 aromatic heterocycles. The van der Waals surface area contributed by atoms with E-state index in [0.29, 0.717) is 19.0 Å². The molecule has 1 fully saturated rings. The number of imidazole rings is 1. The number of hydrogen-bond acceptors (Lipinski definition) is 2. The number of aromatic nitrogens is 2. The predicted octanol–water partition coefficient (Wildman–Crippen LogP) is 2.33. The molecule has 1 heterocycles. The van der Waals surface area contributed by atoms with Crippen molar-refractivity contribution >= 4 is 5.91 Å². The van der Waals surface area contributed by atoms with Crippen LogP contribution in [0.4, 0.5) is 4.39 Å². The highest BCUT2D eigenvalue weighted by Crippen LogP contribution is 2.38. The maximum atomic E-state index is 13.4. The fraction of sp³-hybridized carbons (Fsp3) is 0.333. The summed E-state index contributed by atoms with van der Waals surface area (Å²) in [4.78, 5) is 16.2. The average Bonchev–Trinajstić information content (AvgIpc) is 3.19. The molecule has 0 radical (unpaired) electrons. The van der Waals surface area contributed by atoms with E-state index in [4.69, 9.17) is 0 Å². The van der Waals surface area contributed by atoms with E-state index in [1.54, 1.807) is 18.3 Å². The maximum Gasteiger partial charge on any atom is 0.254 e. The Morgan fingerprint density at radius 2 is 2.20 bits per heavy atom. The Hall–Kier alpha value is -2.17. The number of nitrogens with zero attached hydrogens (tertiary/aromatic N) is 2. The fourth-order valence-corrected chi connectivity index (χ4v) is 2.24. The summed E-state index contributed by atoms with van der Waals surface area (Å²) in [5, 5.41) is 2.74. The van der Waals surface area contributed by atoms with E-state index in [1.807, 2.05) is 6.20 Å². The second kappa shape index (κ2) is 5.45. The first-order valence-electron chi connectivity index (χ1n) is 6.79. The van der Waals surface area contributed by atoms with Gasteiger partial charge in [0.15, 0.2) is 0 Å². The van der Waals surface area contributed by atoms with Crippen LogP contribution in [0.5, 0.6) is 0 Å². The van der Waals surface area contributed by atoms with Crippen molar-refractivity contribution in [2.24, 2.45) is 0 Å². The molecular weight excluding hydrogens is 257 g/mol. The van der Waals surface area contributed by atoms with Gasteiger partial charge in [-0.15, -0.1) is 0 Å². The highest BCUT2D eigenvalue weighted by atomic mass is 19.1. The molecule has 5 heteroatoms. The van der Waals surface area contributed by atoms with Crippen molar-refractivity contribution in [3.63, 3.8) is 0 Å². The van der Waals surface area contributed by atoms with Gasteiger partial charge in [0.2, 0.25) is 0 Å². The van der Waals surface area contributed by atoms with Crippen LogP contribution in [-0.4, -0.2) is 22.0 Å². The van der Waals surface area contributed by atoms with Gasteiger partial charge in [-0.1, -0.05) is 12.1 Å². The van der Waals surface area contributed by atoms with Crippen LogP contribution in [0, 0.1) is 5.82 Å². The zero-order valence-electron chi connectivity index (χ0n) is 11.1. The maximum absolute atomic E-state index is 13.4. The largest absolute Gasteiger partial charge is 0.350 e. The fourth-order valence-electron chi connectivity index (χ4n) is 2.24. The molecule has 1 aromatic carbocycles. The highest BCUT2D eigenvalue weighted by Gasteiger charge is 2.27. The van der Waals surface area contributed by atoms with Gasteiger partial charge < -0.3 is 9.88 Å². The lowest BCUT2D eigenvalue weighted by atomic mass is 10.2. The number of rotatable bonds is 5. The van der Waals surface area contributed by atoms with Gasteiger partial charge >= 0.3 is 0 Å². The van der Waals surface area contributed by atoms with Gasteiger partial charge in [0, 0.05) is 31.4 Å². The highest BCUT2D eigenvalue weighted by molar-refractivity contribution is 5.94. The Morgan fingerprint density at radius 3 is 2.95 bits per heavy atom. The number of benzene rings is 1. The topological polar surface area (TPSA) is 46.9 Å². The first-order valence-corrected chi connectivity index (χ1v) is 6.79. The van der Waals surface area contributed by atoms with Crippen LogP contribution >= 0.6 is 0 Å². The smallest absolute Gasteiger partial charge is 0.254 e. The Bertz CT molecular complexity index is 619. The molecule has 2 aromatic rings. The van der Waals surface area contributed by atoms with Crippen molar-refractivity contribution in [1.82, 2.24) is 14.9 Å². The summed E-state index contributed by atoms with van der Waals surface area (Å²) in [6.07, 6.45) is 6.09. The van der Waals surface area contributed by atoms with E-state index in [2.05, 4.69) is 14.9 Å². The van der Waals surface area contributed by atoms with Crippen molar-refractivity contribution in [2.75, 3.05) is 6.54 Å². The number of carbonyl (C=O) groups excluding carboxylic acids is 1. The summed E-state index contributed by atoms with van der Waals surface area (Å²) in [5.74, 6) is 0.792. The number of amides is 1. The van der Waals surface area contributed by atoms with E-state index >= 15 is 0 Å². The van der Waals surface area contributed by atoms with E-state index in [-0.39, 0.29) is 11.5 Å². The van der Waals surface area contributed by atoms with Gasteiger partial charge in [-0.2, -0.15) is 0 Å². The van der Waals surface area contributed by atoms with Crippen LogP contribution in [0.15, 0.2) is 36.7 Å². The molecule has 0 spiro atoms. The Labute approximate surface area is 116 Å². The van der Waals surface area contributed by atoms with Gasteiger partial charge in [0.25, 0.3) is 5.91 Å². The number of nitrogens with one attached hydrogen (secondary N) is 1. The third-order valence-corrected chi connectivity index (χ3v) is 3.45. The van der Waals surface area contributed by atoms with Crippen LogP contribution in [0.1, 0.15) is 34.9 Å². The van der Waals surface area contributed by atoms with Crippen molar-refractivity contribution in [2.45, 2.75) is 25.3 Å². The van der Waals surface area contributed by atoms with E-state index in [0.717, 1.165) is 5.82 Å². The number of hydrogen-bond donors (Lipinski definition) is 1. The van der Waals surface area contributed by atoms with Crippen LogP contribution in [0.3, 0.4) is 0 Å². The molecule has 0 atom stereocenters. The predicted molar refractivity (Wildman–Crippen MR) is 72.9 cm³/mol. The first-order chi connectivity index (χ1) is 9.75. The first kappa shape index (κ1) is 12.8. The molecule has 1 N–H and O–H groups in total. The zero-order chi connectivity index (χ0) is 13.9. The van der Waals surface area contributed by atoms with Gasteiger partial charge in [0.05, 0.1) is 5.56 Å². The average molecular weight is 273 g/mol. The second-order valence-electron chi connectivity index (χ2n) is 4.99. The van der Waals surface area contributed by atoms with Crippen molar-refractivity contribution in [3.8, 4) is 0 Å². The third-order valence-electron chi connectivity index (χ3n) is 3.45. The molecule has 4 nitrogen and oxygen atoms in total. The summed E-state index contributed by atoms with van der Waals surface area (Å²) in [6.45, 7) is 1.12. The number of carbonyl (C=O) groups is 1. The zero-order valence-corrected chi connectivity index (χ0v) is 11.1. The van der Waals surface area contributed by atoms with E-state index in [1.165, 1.54) is 25.0 Å². The summed E-state index contributed by atoms with van der Waals surface area (Å²) < 4.78 is 15.5. The summed E-state index contributed by atoms with van der Waals surface area (Å²) in [5.41, 5.74) is 0.0838. The van der Waals surface area contributed by atoms with Crippen LogP contribution in [-0.2, 0) is 6.54 Å². The van der Waals surface area contributed by atoms with Gasteiger partial charge in [0.1, 0.15) is 11.6 Å². The minimum absolute atomic E-state index is 0.0838. The monoisotopic (exact) mass is 273 g/mol. The van der Waals surface area contributed by atoms with Crippen molar-refractivity contribution in [1.29, 1.82) is 0 Å². The molecule has 20 heavy (non-hydrogen) atoms. The summed E-state index contributed by atoms with van der Waals surface area (Å²) in [6, 6.07) is 5.99. The molecule has 1 aliphatic rings. The number of halogens is 1. The molecule has 1 aliphatic carbocycles. The lowest BCUT2D eigenvalue weighted by molar-refractivity contribution is 0.0948. The lowest BCUT2D eigenvalue weighted by Gasteiger charge is -2.09. The minimum Gasteiger partial charge on any atom is -0.350 e. The summed E-state index contributed by atoms with van der Waals surface area (Å²) >= 11 is 0. The molecule has 104 valence electrons. The van der Waals surface area contributed by atoms with Crippen molar-refractivity contribution in [3.05, 3.63) is 53.9 Å². The minimum atomic E-state index is -0.494. The Morgan fingerprint density at radius 1 is 1.40 bits per heavy atom. The molecule has 1 saturated carbocycles. The summed E-state index contributed by atoms with van der Waals surface area (Å²) in [7, 11) is 0. The normalized spacial score (nSPS) is 14.2. The van der Waals surface area contributed by atoms with Crippen LogP contribution < -0.4 is 5.32 Å². The quantitative estimate of drug-likeness (QED) is 0.909. The molecule has 0 aliphatic heterocycles. The molecule has 1 amide bonds. The van der Waals surface area contributed by atoms with Crippen LogP contribution in [0.25, 0.3) is 0 Å². The van der Waals surface area contributed by atoms with E-state index < -0.39 is 5.82 Å². The third kappa shape index (κ3) is 2.71. The Kier molecular flexibility index (Phi) is 3.50. The molecule has 0 bridgehead atoms. The SMILES string of the molecule is O=C(NCCn1ccnc1C1CC1)c1ccccc1F. The van der Waals surface area contributed by atoms with E-state index in [9.17, 15) is 9.18 Å². The molecule has 3 rings (SSSR count). The molecule has 0 saturated heterocycles. The molecular formula is C15H16FN3O. The Balaban J connectivity index is 1.56. The van der Waals surface area contributed by atoms with Crippen molar-refractivity contribution < 1.29 is 9.18 Å². The van der Waals surface area contributed by atoms with Gasteiger partial charge in [-0.05, 0) is 25.0 Å². The van der Waals surface area contributed by atoms with Crippen LogP contribution in [0.2, 0.25) is 0 Å². The van der Waals surface area contributed by atoms with Gasteiger partial charge in [-0.3, -0.25) is 4.79 Å².